The van der Waals surface area contributed by atoms with Gasteiger partial charge in [-0.3, -0.25) is 4.72 Å². The molecule has 108 valence electrons. The van der Waals surface area contributed by atoms with Gasteiger partial charge in [0.15, 0.2) is 0 Å². The summed E-state index contributed by atoms with van der Waals surface area (Å²) in [6.45, 7) is 1.26. The minimum atomic E-state index is -3.38. The van der Waals surface area contributed by atoms with Crippen molar-refractivity contribution in [2.45, 2.75) is 18.1 Å². The van der Waals surface area contributed by atoms with Crippen LogP contribution in [0.4, 0.5) is 5.69 Å². The van der Waals surface area contributed by atoms with Crippen LogP contribution in [0.2, 0.25) is 0 Å². The summed E-state index contributed by atoms with van der Waals surface area (Å²) in [5, 5.41) is -0.393. The monoisotopic (exact) mass is 294 g/mol. The van der Waals surface area contributed by atoms with E-state index in [1.54, 1.807) is 18.2 Å². The molecule has 1 aliphatic heterocycles. The summed E-state index contributed by atoms with van der Waals surface area (Å²) in [5.74, 6) is 5.62. The van der Waals surface area contributed by atoms with E-state index >= 15 is 0 Å². The van der Waals surface area contributed by atoms with Gasteiger partial charge in [-0.25, -0.2) is 8.42 Å². The SMILES string of the molecule is NCC#Cc1cccc(NS(=O)(=O)C2CCOCC2)c1. The molecule has 1 aromatic carbocycles. The molecule has 0 radical (unpaired) electrons. The summed E-state index contributed by atoms with van der Waals surface area (Å²) >= 11 is 0. The topological polar surface area (TPSA) is 81.4 Å². The average Bonchev–Trinajstić information content (AvgIpc) is 2.46. The molecule has 0 spiro atoms. The van der Waals surface area contributed by atoms with E-state index in [4.69, 9.17) is 10.5 Å². The molecule has 1 fully saturated rings. The zero-order valence-corrected chi connectivity index (χ0v) is 11.9. The quantitative estimate of drug-likeness (QED) is 0.812. The Kier molecular flexibility index (Phi) is 5.01. The lowest BCUT2D eigenvalue weighted by atomic mass is 10.2. The fourth-order valence-corrected chi connectivity index (χ4v) is 3.48. The van der Waals surface area contributed by atoms with Crippen LogP contribution in [0.3, 0.4) is 0 Å². The fraction of sp³-hybridized carbons (Fsp3) is 0.429. The van der Waals surface area contributed by atoms with Crippen LogP contribution in [0.1, 0.15) is 18.4 Å². The van der Waals surface area contributed by atoms with E-state index in [1.807, 2.05) is 6.07 Å². The number of rotatable bonds is 3. The maximum absolute atomic E-state index is 12.3. The summed E-state index contributed by atoms with van der Waals surface area (Å²) in [7, 11) is -3.38. The first-order valence-electron chi connectivity index (χ1n) is 6.50. The van der Waals surface area contributed by atoms with Gasteiger partial charge in [0.1, 0.15) is 0 Å². The van der Waals surface area contributed by atoms with Gasteiger partial charge in [-0.1, -0.05) is 17.9 Å². The molecule has 1 heterocycles. The second-order valence-corrected chi connectivity index (χ2v) is 6.51. The van der Waals surface area contributed by atoms with Gasteiger partial charge < -0.3 is 10.5 Å². The molecular formula is C14H18N2O3S. The standard InChI is InChI=1S/C14H18N2O3S/c15-8-2-4-12-3-1-5-13(11-12)16-20(17,18)14-6-9-19-10-7-14/h1,3,5,11,14,16H,6-10,15H2. The van der Waals surface area contributed by atoms with Crippen molar-refractivity contribution in [3.8, 4) is 11.8 Å². The third-order valence-corrected chi connectivity index (χ3v) is 4.93. The second-order valence-electron chi connectivity index (χ2n) is 4.55. The smallest absolute Gasteiger partial charge is 0.235 e. The molecule has 20 heavy (non-hydrogen) atoms. The summed E-state index contributed by atoms with van der Waals surface area (Å²) in [4.78, 5) is 0. The van der Waals surface area contributed by atoms with Crippen LogP contribution in [0.5, 0.6) is 0 Å². The molecule has 0 unspecified atom stereocenters. The number of nitrogens with two attached hydrogens (primary N) is 1. The Morgan fingerprint density at radius 1 is 1.35 bits per heavy atom. The number of nitrogens with one attached hydrogen (secondary N) is 1. The number of hydrogen-bond acceptors (Lipinski definition) is 4. The lowest BCUT2D eigenvalue weighted by molar-refractivity contribution is 0.0984. The van der Waals surface area contributed by atoms with E-state index in [1.165, 1.54) is 0 Å². The molecule has 0 aromatic heterocycles. The third kappa shape index (κ3) is 3.97. The van der Waals surface area contributed by atoms with Crippen LogP contribution < -0.4 is 10.5 Å². The molecule has 0 bridgehead atoms. The van der Waals surface area contributed by atoms with Crippen LogP contribution in [-0.2, 0) is 14.8 Å². The first-order chi connectivity index (χ1) is 9.62. The lowest BCUT2D eigenvalue weighted by Crippen LogP contribution is -2.33. The Morgan fingerprint density at radius 2 is 2.10 bits per heavy atom. The van der Waals surface area contributed by atoms with Gasteiger partial charge in [-0.05, 0) is 31.0 Å². The second kappa shape index (κ2) is 6.75. The molecule has 3 N–H and O–H groups in total. The number of anilines is 1. The predicted molar refractivity (Wildman–Crippen MR) is 78.8 cm³/mol. The molecule has 1 aliphatic rings. The zero-order chi connectivity index (χ0) is 14.4. The van der Waals surface area contributed by atoms with Gasteiger partial charge in [0.2, 0.25) is 10.0 Å². The highest BCUT2D eigenvalue weighted by Gasteiger charge is 2.27. The Balaban J connectivity index is 2.12. The maximum Gasteiger partial charge on any atom is 0.235 e. The average molecular weight is 294 g/mol. The van der Waals surface area contributed by atoms with Gasteiger partial charge >= 0.3 is 0 Å². The van der Waals surface area contributed by atoms with Crippen molar-refractivity contribution in [2.24, 2.45) is 5.73 Å². The van der Waals surface area contributed by atoms with Crippen LogP contribution in [-0.4, -0.2) is 33.4 Å². The first-order valence-corrected chi connectivity index (χ1v) is 8.05. The molecule has 0 aliphatic carbocycles. The number of benzene rings is 1. The third-order valence-electron chi connectivity index (χ3n) is 3.06. The molecule has 1 saturated heterocycles. The number of ether oxygens (including phenoxy) is 1. The van der Waals surface area contributed by atoms with Gasteiger partial charge in [-0.2, -0.15) is 0 Å². The van der Waals surface area contributed by atoms with Crippen molar-refractivity contribution in [1.29, 1.82) is 0 Å². The van der Waals surface area contributed by atoms with E-state index in [-0.39, 0.29) is 6.54 Å². The van der Waals surface area contributed by atoms with E-state index in [0.29, 0.717) is 31.7 Å². The van der Waals surface area contributed by atoms with Crippen molar-refractivity contribution in [3.05, 3.63) is 29.8 Å². The van der Waals surface area contributed by atoms with E-state index < -0.39 is 15.3 Å². The molecule has 6 heteroatoms. The molecule has 0 saturated carbocycles. The molecule has 2 rings (SSSR count). The summed E-state index contributed by atoms with van der Waals surface area (Å²) < 4.78 is 32.3. The minimum Gasteiger partial charge on any atom is -0.381 e. The molecule has 1 aromatic rings. The first kappa shape index (κ1) is 14.9. The summed E-state index contributed by atoms with van der Waals surface area (Å²) in [5.41, 5.74) is 6.58. The van der Waals surface area contributed by atoms with E-state index in [0.717, 1.165) is 5.56 Å². The van der Waals surface area contributed by atoms with Crippen LogP contribution in [0.25, 0.3) is 0 Å². The van der Waals surface area contributed by atoms with Gasteiger partial charge in [0.25, 0.3) is 0 Å². The molecule has 0 atom stereocenters. The number of hydrogen-bond donors (Lipinski definition) is 2. The Morgan fingerprint density at radius 3 is 2.80 bits per heavy atom. The summed E-state index contributed by atoms with van der Waals surface area (Å²) in [6, 6.07) is 7.00. The summed E-state index contributed by atoms with van der Waals surface area (Å²) in [6.07, 6.45) is 1.06. The lowest BCUT2D eigenvalue weighted by Gasteiger charge is -2.22. The van der Waals surface area contributed by atoms with Crippen molar-refractivity contribution < 1.29 is 13.2 Å². The van der Waals surface area contributed by atoms with Gasteiger partial charge in [0.05, 0.1) is 11.8 Å². The highest BCUT2D eigenvalue weighted by molar-refractivity contribution is 7.93. The normalized spacial score (nSPS) is 16.2. The van der Waals surface area contributed by atoms with Crippen LogP contribution in [0.15, 0.2) is 24.3 Å². The predicted octanol–water partition coefficient (Wildman–Crippen LogP) is 0.917. The van der Waals surface area contributed by atoms with E-state index in [9.17, 15) is 8.42 Å². The highest BCUT2D eigenvalue weighted by Crippen LogP contribution is 2.19. The van der Waals surface area contributed by atoms with E-state index in [2.05, 4.69) is 16.6 Å². The fourth-order valence-electron chi connectivity index (χ4n) is 2.05. The zero-order valence-electron chi connectivity index (χ0n) is 11.1. The minimum absolute atomic E-state index is 0.276. The highest BCUT2D eigenvalue weighted by atomic mass is 32.2. The Labute approximate surface area is 119 Å². The van der Waals surface area contributed by atoms with Crippen molar-refractivity contribution in [1.82, 2.24) is 0 Å². The van der Waals surface area contributed by atoms with Gasteiger partial charge in [-0.15, -0.1) is 0 Å². The van der Waals surface area contributed by atoms with Crippen LogP contribution >= 0.6 is 0 Å². The largest absolute Gasteiger partial charge is 0.381 e. The Bertz CT molecular complexity index is 611. The van der Waals surface area contributed by atoms with Crippen molar-refractivity contribution in [2.75, 3.05) is 24.5 Å². The van der Waals surface area contributed by atoms with Gasteiger partial charge in [0, 0.05) is 24.5 Å². The maximum atomic E-state index is 12.3. The molecular weight excluding hydrogens is 276 g/mol. The molecule has 5 nitrogen and oxygen atoms in total. The number of sulfonamides is 1. The molecule has 0 amide bonds. The van der Waals surface area contributed by atoms with Crippen molar-refractivity contribution >= 4 is 15.7 Å². The van der Waals surface area contributed by atoms with Crippen molar-refractivity contribution in [3.63, 3.8) is 0 Å². The van der Waals surface area contributed by atoms with Crippen LogP contribution in [0, 0.1) is 11.8 Å². The Hall–Kier alpha value is -1.55.